The molecule has 3 N–H and O–H groups in total. The Kier molecular flexibility index (Phi) is 5.00. The molecule has 0 heterocycles. The molecule has 0 bridgehead atoms. The quantitative estimate of drug-likeness (QED) is 0.608. The first-order valence-corrected chi connectivity index (χ1v) is 7.63. The Morgan fingerprint density at radius 3 is 2.16 bits per heavy atom. The largest absolute Gasteiger partial charge is 0.271 e. The molecule has 106 valence electrons. The number of hydrogen-bond donors (Lipinski definition) is 2. The third-order valence-electron chi connectivity index (χ3n) is 4.40. The van der Waals surface area contributed by atoms with Gasteiger partial charge in [0, 0.05) is 6.04 Å². The maximum atomic E-state index is 5.82. The fourth-order valence-corrected chi connectivity index (χ4v) is 3.61. The molecule has 2 unspecified atom stereocenters. The monoisotopic (exact) mass is 260 g/mol. The zero-order chi connectivity index (χ0) is 13.8. The van der Waals surface area contributed by atoms with E-state index in [4.69, 9.17) is 5.84 Å². The van der Waals surface area contributed by atoms with Crippen LogP contribution in [0.3, 0.4) is 0 Å². The molecule has 2 atom stereocenters. The Morgan fingerprint density at radius 1 is 1.11 bits per heavy atom. The smallest absolute Gasteiger partial charge is 0.0247 e. The maximum Gasteiger partial charge on any atom is 0.0247 e. The average molecular weight is 260 g/mol. The number of hydrazine groups is 1. The minimum absolute atomic E-state index is 0.446. The molecule has 1 aromatic rings. The number of nitrogens with two attached hydrogens (primary N) is 1. The molecule has 0 saturated carbocycles. The normalized spacial score (nSPS) is 18.6. The Bertz CT molecular complexity index is 375. The Balaban J connectivity index is 1.93. The van der Waals surface area contributed by atoms with Crippen LogP contribution in [0.4, 0.5) is 0 Å². The van der Waals surface area contributed by atoms with Crippen LogP contribution in [0.1, 0.15) is 44.7 Å². The van der Waals surface area contributed by atoms with Crippen LogP contribution in [0.15, 0.2) is 24.3 Å². The van der Waals surface area contributed by atoms with Crippen LogP contribution in [0, 0.1) is 17.8 Å². The highest BCUT2D eigenvalue weighted by molar-refractivity contribution is 5.32. The van der Waals surface area contributed by atoms with Crippen molar-refractivity contribution in [3.05, 3.63) is 35.4 Å². The van der Waals surface area contributed by atoms with Gasteiger partial charge in [-0.3, -0.25) is 11.3 Å². The lowest BCUT2D eigenvalue weighted by atomic mass is 9.86. The first-order chi connectivity index (χ1) is 9.10. The van der Waals surface area contributed by atoms with Crippen molar-refractivity contribution >= 4 is 0 Å². The molecular weight excluding hydrogens is 232 g/mol. The molecular formula is C17H28N2. The number of rotatable bonds is 6. The van der Waals surface area contributed by atoms with E-state index in [1.54, 1.807) is 0 Å². The summed E-state index contributed by atoms with van der Waals surface area (Å²) in [7, 11) is 0. The molecule has 0 saturated heterocycles. The molecule has 0 spiro atoms. The van der Waals surface area contributed by atoms with Crippen LogP contribution in [-0.4, -0.2) is 6.04 Å². The number of benzene rings is 1. The number of nitrogens with one attached hydrogen (secondary N) is 1. The van der Waals surface area contributed by atoms with Crippen LogP contribution >= 0.6 is 0 Å². The topological polar surface area (TPSA) is 38.0 Å². The second-order valence-electron chi connectivity index (χ2n) is 6.68. The summed E-state index contributed by atoms with van der Waals surface area (Å²) in [5.74, 6) is 7.99. The van der Waals surface area contributed by atoms with Crippen molar-refractivity contribution in [3.8, 4) is 0 Å². The van der Waals surface area contributed by atoms with Crippen molar-refractivity contribution < 1.29 is 0 Å². The van der Waals surface area contributed by atoms with E-state index in [2.05, 4.69) is 50.5 Å². The van der Waals surface area contributed by atoms with Gasteiger partial charge < -0.3 is 0 Å². The van der Waals surface area contributed by atoms with E-state index >= 15 is 0 Å². The Labute approximate surface area is 117 Å². The lowest BCUT2D eigenvalue weighted by Crippen LogP contribution is -2.42. The van der Waals surface area contributed by atoms with Gasteiger partial charge >= 0.3 is 0 Å². The number of hydrogen-bond acceptors (Lipinski definition) is 2. The average Bonchev–Trinajstić information content (AvgIpc) is 2.78. The highest BCUT2D eigenvalue weighted by atomic mass is 15.2. The minimum Gasteiger partial charge on any atom is -0.271 e. The van der Waals surface area contributed by atoms with Crippen LogP contribution in [0.2, 0.25) is 0 Å². The summed E-state index contributed by atoms with van der Waals surface area (Å²) in [6.07, 6.45) is 4.84. The first-order valence-electron chi connectivity index (χ1n) is 7.63. The van der Waals surface area contributed by atoms with Crippen LogP contribution in [0.25, 0.3) is 0 Å². The summed E-state index contributed by atoms with van der Waals surface area (Å²) in [6, 6.07) is 9.27. The lowest BCUT2D eigenvalue weighted by molar-refractivity contribution is 0.286. The van der Waals surface area contributed by atoms with Gasteiger partial charge in [0.05, 0.1) is 0 Å². The fourth-order valence-electron chi connectivity index (χ4n) is 3.61. The van der Waals surface area contributed by atoms with E-state index in [1.165, 1.54) is 36.8 Å². The van der Waals surface area contributed by atoms with Gasteiger partial charge in [-0.15, -0.1) is 0 Å². The Hall–Kier alpha value is -0.860. The second kappa shape index (κ2) is 6.53. The van der Waals surface area contributed by atoms with Crippen molar-refractivity contribution in [1.29, 1.82) is 0 Å². The first kappa shape index (κ1) is 14.5. The molecule has 1 aliphatic rings. The van der Waals surface area contributed by atoms with E-state index in [1.807, 2.05) is 0 Å². The van der Waals surface area contributed by atoms with Gasteiger partial charge in [0.2, 0.25) is 0 Å². The van der Waals surface area contributed by atoms with Gasteiger partial charge in [0.25, 0.3) is 0 Å². The van der Waals surface area contributed by atoms with Crippen LogP contribution in [-0.2, 0) is 12.8 Å². The second-order valence-corrected chi connectivity index (χ2v) is 6.68. The number of fused-ring (bicyclic) bond motifs is 1. The van der Waals surface area contributed by atoms with E-state index in [-0.39, 0.29) is 0 Å². The molecule has 1 aliphatic carbocycles. The SMILES string of the molecule is CC(C)CC(C)CC(NN)C1Cc2ccccc2C1. The van der Waals surface area contributed by atoms with E-state index in [0.29, 0.717) is 12.0 Å². The molecule has 0 radical (unpaired) electrons. The zero-order valence-electron chi connectivity index (χ0n) is 12.5. The molecule has 19 heavy (non-hydrogen) atoms. The van der Waals surface area contributed by atoms with Gasteiger partial charge in [-0.1, -0.05) is 45.0 Å². The third-order valence-corrected chi connectivity index (χ3v) is 4.40. The van der Waals surface area contributed by atoms with Gasteiger partial charge in [0.15, 0.2) is 0 Å². The summed E-state index contributed by atoms with van der Waals surface area (Å²) in [5.41, 5.74) is 6.12. The highest BCUT2D eigenvalue weighted by Gasteiger charge is 2.28. The van der Waals surface area contributed by atoms with E-state index < -0.39 is 0 Å². The van der Waals surface area contributed by atoms with Crippen molar-refractivity contribution in [2.75, 3.05) is 0 Å². The molecule has 0 aliphatic heterocycles. The predicted octanol–water partition coefficient (Wildman–Crippen LogP) is 3.31. The fraction of sp³-hybridized carbons (Fsp3) is 0.647. The van der Waals surface area contributed by atoms with Crippen molar-refractivity contribution in [2.24, 2.45) is 23.6 Å². The van der Waals surface area contributed by atoms with Gasteiger partial charge in [-0.2, -0.15) is 0 Å². The molecule has 0 fully saturated rings. The zero-order valence-corrected chi connectivity index (χ0v) is 12.5. The molecule has 2 heteroatoms. The molecule has 2 rings (SSSR count). The molecule has 0 aromatic heterocycles. The van der Waals surface area contributed by atoms with Gasteiger partial charge in [-0.25, -0.2) is 0 Å². The van der Waals surface area contributed by atoms with E-state index in [9.17, 15) is 0 Å². The summed E-state index contributed by atoms with van der Waals surface area (Å²) in [4.78, 5) is 0. The summed E-state index contributed by atoms with van der Waals surface area (Å²) in [5, 5.41) is 0. The van der Waals surface area contributed by atoms with Gasteiger partial charge in [-0.05, 0) is 54.6 Å². The summed E-state index contributed by atoms with van der Waals surface area (Å²) in [6.45, 7) is 6.95. The Morgan fingerprint density at radius 2 is 1.68 bits per heavy atom. The minimum atomic E-state index is 0.446. The summed E-state index contributed by atoms with van der Waals surface area (Å²) < 4.78 is 0. The van der Waals surface area contributed by atoms with Crippen molar-refractivity contribution in [2.45, 2.75) is 52.5 Å². The van der Waals surface area contributed by atoms with Crippen LogP contribution < -0.4 is 11.3 Å². The van der Waals surface area contributed by atoms with Gasteiger partial charge in [0.1, 0.15) is 0 Å². The van der Waals surface area contributed by atoms with Crippen molar-refractivity contribution in [3.63, 3.8) is 0 Å². The van der Waals surface area contributed by atoms with Crippen molar-refractivity contribution in [1.82, 2.24) is 5.43 Å². The summed E-state index contributed by atoms with van der Waals surface area (Å²) >= 11 is 0. The van der Waals surface area contributed by atoms with Crippen LogP contribution in [0.5, 0.6) is 0 Å². The molecule has 2 nitrogen and oxygen atoms in total. The molecule has 0 amide bonds. The maximum absolute atomic E-state index is 5.82. The lowest BCUT2D eigenvalue weighted by Gasteiger charge is -2.26. The highest BCUT2D eigenvalue weighted by Crippen LogP contribution is 2.31. The van der Waals surface area contributed by atoms with E-state index in [0.717, 1.165) is 11.8 Å². The predicted molar refractivity (Wildman–Crippen MR) is 81.7 cm³/mol. The standard InChI is InChI=1S/C17H28N2/c1-12(2)8-13(3)9-17(19-18)16-10-14-6-4-5-7-15(14)11-16/h4-7,12-13,16-17,19H,8-11,18H2,1-3H3. The molecule has 1 aromatic carbocycles. The third kappa shape index (κ3) is 3.80.